The molecule has 1 atom stereocenters. The van der Waals surface area contributed by atoms with Crippen LogP contribution in [0, 0.1) is 5.41 Å². The first-order chi connectivity index (χ1) is 27.3. The van der Waals surface area contributed by atoms with Crippen LogP contribution in [-0.2, 0) is 17.8 Å². The van der Waals surface area contributed by atoms with Crippen LogP contribution in [0.15, 0.2) is 120 Å². The minimum absolute atomic E-state index is 0.225. The first-order valence-electron chi connectivity index (χ1n) is 19.2. The molecule has 0 bridgehead atoms. The summed E-state index contributed by atoms with van der Waals surface area (Å²) in [6.45, 7) is 11.7. The highest BCUT2D eigenvalue weighted by atomic mass is 16.6. The summed E-state index contributed by atoms with van der Waals surface area (Å²) in [5, 5.41) is 0. The van der Waals surface area contributed by atoms with Crippen LogP contribution in [0.4, 0.5) is 10.6 Å². The van der Waals surface area contributed by atoms with E-state index in [1.54, 1.807) is 29.9 Å². The molecule has 1 aliphatic rings. The van der Waals surface area contributed by atoms with Crippen LogP contribution in [-0.4, -0.2) is 58.0 Å². The van der Waals surface area contributed by atoms with E-state index in [9.17, 15) is 4.79 Å². The number of imidazole rings is 1. The molecule has 296 valence electrons. The van der Waals surface area contributed by atoms with Gasteiger partial charge in [0, 0.05) is 32.4 Å². The highest BCUT2D eigenvalue weighted by Gasteiger charge is 2.39. The highest BCUT2D eigenvalue weighted by molar-refractivity contribution is 5.89. The SMILES string of the molecule is COc1ccc(CN(Cc2ccc(OC)cc2)c2nccc3c2n(-c2ccc(Oc4ccccc4)cc2)c(=O)n3[C@@H]2CN(C(=O)OC(C)(C)C)CC(C)(C)C2)cc1. The van der Waals surface area contributed by atoms with Gasteiger partial charge in [-0.1, -0.05) is 56.3 Å². The van der Waals surface area contributed by atoms with E-state index in [-0.39, 0.29) is 17.1 Å². The van der Waals surface area contributed by atoms with E-state index >= 15 is 4.79 Å². The number of rotatable bonds is 11. The van der Waals surface area contributed by atoms with Crippen LogP contribution in [0.1, 0.15) is 58.2 Å². The van der Waals surface area contributed by atoms with Crippen molar-refractivity contribution in [2.75, 3.05) is 32.2 Å². The number of carbonyl (C=O) groups is 1. The van der Waals surface area contributed by atoms with Crippen LogP contribution >= 0.6 is 0 Å². The van der Waals surface area contributed by atoms with E-state index in [0.717, 1.165) is 28.1 Å². The molecule has 7 rings (SSSR count). The fourth-order valence-corrected chi connectivity index (χ4v) is 7.61. The Hall–Kier alpha value is -6.23. The number of piperidine rings is 1. The van der Waals surface area contributed by atoms with E-state index < -0.39 is 11.7 Å². The predicted molar refractivity (Wildman–Crippen MR) is 223 cm³/mol. The van der Waals surface area contributed by atoms with Crippen molar-refractivity contribution in [3.8, 4) is 28.7 Å². The van der Waals surface area contributed by atoms with Crippen molar-refractivity contribution in [1.29, 1.82) is 0 Å². The lowest BCUT2D eigenvalue weighted by Crippen LogP contribution is -2.50. The Kier molecular flexibility index (Phi) is 11.0. The minimum atomic E-state index is -0.658. The van der Waals surface area contributed by atoms with E-state index in [0.29, 0.717) is 61.1 Å². The number of pyridine rings is 1. The molecule has 0 unspecified atom stereocenters. The maximum absolute atomic E-state index is 15.2. The second-order valence-corrected chi connectivity index (χ2v) is 16.3. The fourth-order valence-electron chi connectivity index (χ4n) is 7.61. The van der Waals surface area contributed by atoms with E-state index in [4.69, 9.17) is 23.9 Å². The monoisotopic (exact) mass is 769 g/mol. The molecule has 0 saturated carbocycles. The molecule has 1 fully saturated rings. The predicted octanol–water partition coefficient (Wildman–Crippen LogP) is 9.41. The molecular weight excluding hydrogens is 719 g/mol. The van der Waals surface area contributed by atoms with E-state index in [2.05, 4.69) is 18.7 Å². The molecule has 1 aliphatic heterocycles. The number of ether oxygens (including phenoxy) is 4. The maximum atomic E-state index is 15.2. The quantitative estimate of drug-likeness (QED) is 0.129. The summed E-state index contributed by atoms with van der Waals surface area (Å²) in [7, 11) is 3.31. The first-order valence-corrected chi connectivity index (χ1v) is 19.2. The van der Waals surface area contributed by atoms with Gasteiger partial charge in [-0.15, -0.1) is 0 Å². The number of fused-ring (bicyclic) bond motifs is 1. The molecule has 3 heterocycles. The van der Waals surface area contributed by atoms with Crippen molar-refractivity contribution in [2.24, 2.45) is 5.41 Å². The number of hydrogen-bond acceptors (Lipinski definition) is 8. The van der Waals surface area contributed by atoms with Crippen molar-refractivity contribution in [3.05, 3.63) is 137 Å². The van der Waals surface area contributed by atoms with Crippen LogP contribution in [0.3, 0.4) is 0 Å². The van der Waals surface area contributed by atoms with E-state index in [1.807, 2.05) is 135 Å². The van der Waals surface area contributed by atoms with Gasteiger partial charge in [0.1, 0.15) is 34.1 Å². The summed E-state index contributed by atoms with van der Waals surface area (Å²) in [6.07, 6.45) is 2.05. The Morgan fingerprint density at radius 2 is 1.35 bits per heavy atom. The number of para-hydroxylation sites is 1. The molecule has 2 aromatic heterocycles. The molecule has 0 spiro atoms. The Bertz CT molecular complexity index is 2310. The van der Waals surface area contributed by atoms with Gasteiger partial charge < -0.3 is 28.7 Å². The van der Waals surface area contributed by atoms with Gasteiger partial charge in [-0.3, -0.25) is 9.13 Å². The lowest BCUT2D eigenvalue weighted by atomic mass is 9.81. The zero-order chi connectivity index (χ0) is 40.3. The van der Waals surface area contributed by atoms with Gasteiger partial charge in [-0.05, 0) is 110 Å². The van der Waals surface area contributed by atoms with Crippen molar-refractivity contribution in [2.45, 2.75) is 65.8 Å². The summed E-state index contributed by atoms with van der Waals surface area (Å²) in [5.74, 6) is 3.53. The summed E-state index contributed by atoms with van der Waals surface area (Å²) >= 11 is 0. The molecule has 0 N–H and O–H groups in total. The van der Waals surface area contributed by atoms with Crippen LogP contribution in [0.2, 0.25) is 0 Å². The average molecular weight is 770 g/mol. The topological polar surface area (TPSA) is 100 Å². The lowest BCUT2D eigenvalue weighted by Gasteiger charge is -2.43. The first kappa shape index (κ1) is 39.0. The number of benzene rings is 4. The lowest BCUT2D eigenvalue weighted by molar-refractivity contribution is 0.000404. The van der Waals surface area contributed by atoms with E-state index in [1.165, 1.54) is 0 Å². The molecule has 1 saturated heterocycles. The summed E-state index contributed by atoms with van der Waals surface area (Å²) in [6, 6.07) is 34.6. The Labute approximate surface area is 334 Å². The van der Waals surface area contributed by atoms with Gasteiger partial charge in [-0.2, -0.15) is 0 Å². The molecule has 0 radical (unpaired) electrons. The molecule has 11 nitrogen and oxygen atoms in total. The minimum Gasteiger partial charge on any atom is -0.497 e. The largest absolute Gasteiger partial charge is 0.497 e. The van der Waals surface area contributed by atoms with Gasteiger partial charge in [0.15, 0.2) is 5.82 Å². The number of methoxy groups -OCH3 is 2. The number of hydrogen-bond donors (Lipinski definition) is 0. The van der Waals surface area contributed by atoms with Gasteiger partial charge in [-0.25, -0.2) is 14.6 Å². The number of nitrogens with zero attached hydrogens (tertiary/aromatic N) is 5. The van der Waals surface area contributed by atoms with Crippen LogP contribution in [0.25, 0.3) is 16.7 Å². The van der Waals surface area contributed by atoms with Gasteiger partial charge in [0.25, 0.3) is 0 Å². The standard InChI is InChI=1S/C46H51N5O6/c1-45(2,3)57-44(53)49-30-35(27-46(4,5)31-49)50-40-25-26-47-42(41(40)51(43(50)52)34-17-23-39(24-18-34)56-38-11-9-8-10-12-38)48(28-32-13-19-36(54-6)20-14-32)29-33-15-21-37(55-7)22-16-33/h8-26,35H,27-31H2,1-7H3/t35-/m0/s1. The van der Waals surface area contributed by atoms with Crippen LogP contribution in [0.5, 0.6) is 23.0 Å². The Morgan fingerprint density at radius 3 is 1.91 bits per heavy atom. The Morgan fingerprint density at radius 1 is 0.789 bits per heavy atom. The van der Waals surface area contributed by atoms with Gasteiger partial charge in [0.05, 0.1) is 31.5 Å². The summed E-state index contributed by atoms with van der Waals surface area (Å²) in [4.78, 5) is 37.7. The molecular formula is C46H51N5O6. The molecule has 57 heavy (non-hydrogen) atoms. The molecule has 6 aromatic rings. The highest BCUT2D eigenvalue weighted by Crippen LogP contribution is 2.38. The van der Waals surface area contributed by atoms with Crippen molar-refractivity contribution >= 4 is 22.9 Å². The zero-order valence-electron chi connectivity index (χ0n) is 33.8. The maximum Gasteiger partial charge on any atom is 0.410 e. The smallest absolute Gasteiger partial charge is 0.410 e. The molecule has 4 aromatic carbocycles. The number of carbonyl (C=O) groups excluding carboxylic acids is 1. The third-order valence-electron chi connectivity index (χ3n) is 10.1. The number of anilines is 1. The second-order valence-electron chi connectivity index (χ2n) is 16.3. The third-order valence-corrected chi connectivity index (χ3v) is 10.1. The normalized spacial score (nSPS) is 15.3. The second kappa shape index (κ2) is 16.1. The molecule has 1 amide bonds. The number of aromatic nitrogens is 3. The Balaban J connectivity index is 1.39. The molecule has 11 heteroatoms. The van der Waals surface area contributed by atoms with Crippen molar-refractivity contribution in [1.82, 2.24) is 19.0 Å². The summed E-state index contributed by atoms with van der Waals surface area (Å²) < 4.78 is 26.5. The van der Waals surface area contributed by atoms with Gasteiger partial charge in [0.2, 0.25) is 0 Å². The third kappa shape index (κ3) is 8.93. The number of amides is 1. The average Bonchev–Trinajstić information content (AvgIpc) is 3.49. The van der Waals surface area contributed by atoms with Crippen molar-refractivity contribution < 1.29 is 23.7 Å². The molecule has 0 aliphatic carbocycles. The fraction of sp³-hybridized carbons (Fsp3) is 0.326. The van der Waals surface area contributed by atoms with Crippen LogP contribution < -0.4 is 24.8 Å². The number of likely N-dealkylation sites (tertiary alicyclic amines) is 1. The summed E-state index contributed by atoms with van der Waals surface area (Å²) in [5.41, 5.74) is 2.94. The zero-order valence-corrected chi connectivity index (χ0v) is 33.8. The van der Waals surface area contributed by atoms with Gasteiger partial charge >= 0.3 is 11.8 Å². The van der Waals surface area contributed by atoms with Crippen molar-refractivity contribution in [3.63, 3.8) is 0 Å².